The second-order valence-electron chi connectivity index (χ2n) is 7.59. The normalized spacial score (nSPS) is 11.8. The van der Waals surface area contributed by atoms with Crippen molar-refractivity contribution in [3.8, 4) is 22.8 Å². The van der Waals surface area contributed by atoms with Crippen LogP contribution in [0.15, 0.2) is 82.3 Å². The number of phenolic OH excluding ortho intramolecular Hbond substituents is 1. The summed E-state index contributed by atoms with van der Waals surface area (Å²) in [4.78, 5) is 4.62. The van der Waals surface area contributed by atoms with E-state index in [1.54, 1.807) is 18.2 Å². The fraction of sp³-hybridized carbons (Fsp3) is 0.0769. The van der Waals surface area contributed by atoms with Gasteiger partial charge in [-0.1, -0.05) is 29.8 Å². The summed E-state index contributed by atoms with van der Waals surface area (Å²) in [6.45, 7) is 1.92. The highest BCUT2D eigenvalue weighted by molar-refractivity contribution is 6.32. The van der Waals surface area contributed by atoms with Gasteiger partial charge in [0.2, 0.25) is 0 Å². The van der Waals surface area contributed by atoms with Crippen LogP contribution in [0.5, 0.6) is 11.5 Å². The average Bonchev–Trinajstić information content (AvgIpc) is 2.83. The number of fused-ring (bicyclic) bond motifs is 2. The van der Waals surface area contributed by atoms with Gasteiger partial charge >= 0.3 is 0 Å². The Balaban J connectivity index is 1.66. The Morgan fingerprint density at radius 1 is 1.03 bits per heavy atom. The quantitative estimate of drug-likeness (QED) is 0.312. The first-order valence-corrected chi connectivity index (χ1v) is 10.7. The Kier molecular flexibility index (Phi) is 5.36. The van der Waals surface area contributed by atoms with E-state index < -0.39 is 0 Å². The van der Waals surface area contributed by atoms with Crippen LogP contribution in [0.25, 0.3) is 33.2 Å². The van der Waals surface area contributed by atoms with Crippen molar-refractivity contribution in [3.05, 3.63) is 88.7 Å². The van der Waals surface area contributed by atoms with Gasteiger partial charge in [0.05, 0.1) is 18.0 Å². The number of methoxy groups -OCH3 is 1. The van der Waals surface area contributed by atoms with E-state index in [1.165, 1.54) is 7.11 Å². The summed E-state index contributed by atoms with van der Waals surface area (Å²) in [6.07, 6.45) is 0. The number of halogens is 1. The molecule has 2 N–H and O–H groups in total. The summed E-state index contributed by atoms with van der Waals surface area (Å²) in [7, 11) is 1.50. The van der Waals surface area contributed by atoms with Crippen LogP contribution < -0.4 is 15.5 Å². The monoisotopic (exact) mass is 457 g/mol. The smallest absolute Gasteiger partial charge is 0.161 e. The van der Waals surface area contributed by atoms with E-state index in [2.05, 4.69) is 15.5 Å². The van der Waals surface area contributed by atoms with Crippen LogP contribution in [-0.4, -0.2) is 17.2 Å². The number of anilines is 1. The number of aryl methyl sites for hydroxylation is 1. The third-order valence-electron chi connectivity index (χ3n) is 5.38. The molecule has 0 aliphatic rings. The van der Waals surface area contributed by atoms with Crippen LogP contribution in [-0.2, 0) is 0 Å². The lowest BCUT2D eigenvalue weighted by molar-refractivity contribution is 0.373. The van der Waals surface area contributed by atoms with Gasteiger partial charge in [0, 0.05) is 27.4 Å². The van der Waals surface area contributed by atoms with Crippen LogP contribution in [0.1, 0.15) is 5.56 Å². The van der Waals surface area contributed by atoms with Crippen LogP contribution in [0.3, 0.4) is 0 Å². The number of ether oxygens (including phenoxy) is 1. The fourth-order valence-electron chi connectivity index (χ4n) is 3.60. The molecule has 0 aliphatic heterocycles. The molecule has 5 aromatic rings. The number of benzene rings is 3. The molecule has 2 aromatic heterocycles. The Labute approximate surface area is 194 Å². The molecule has 0 fully saturated rings. The highest BCUT2D eigenvalue weighted by atomic mass is 35.5. The van der Waals surface area contributed by atoms with E-state index in [0.717, 1.165) is 27.4 Å². The molecular formula is C26H20ClN3O3. The van der Waals surface area contributed by atoms with E-state index in [1.807, 2.05) is 61.5 Å². The zero-order chi connectivity index (χ0) is 22.9. The molecule has 6 nitrogen and oxygen atoms in total. The molecule has 0 bridgehead atoms. The number of pyridine rings is 1. The first-order valence-electron chi connectivity index (χ1n) is 10.3. The summed E-state index contributed by atoms with van der Waals surface area (Å²) >= 11 is 6.40. The van der Waals surface area contributed by atoms with Gasteiger partial charge in [-0.15, -0.1) is 0 Å². The van der Waals surface area contributed by atoms with E-state index >= 15 is 0 Å². The second kappa shape index (κ2) is 8.48. The van der Waals surface area contributed by atoms with Crippen molar-refractivity contribution in [2.75, 3.05) is 12.5 Å². The number of aromatic hydroxyl groups is 1. The van der Waals surface area contributed by atoms with E-state index in [-0.39, 0.29) is 5.75 Å². The van der Waals surface area contributed by atoms with Gasteiger partial charge in [-0.25, -0.2) is 4.98 Å². The zero-order valence-electron chi connectivity index (χ0n) is 18.0. The molecule has 2 heterocycles. The summed E-state index contributed by atoms with van der Waals surface area (Å²) < 4.78 is 11.4. The van der Waals surface area contributed by atoms with Gasteiger partial charge in [0.25, 0.3) is 0 Å². The number of nitrogens with zero attached hydrogens (tertiary/aromatic N) is 2. The number of para-hydroxylation sites is 1. The van der Waals surface area contributed by atoms with Crippen molar-refractivity contribution in [1.29, 1.82) is 0 Å². The van der Waals surface area contributed by atoms with Crippen molar-refractivity contribution < 1.29 is 14.3 Å². The predicted octanol–water partition coefficient (Wildman–Crippen LogP) is 6.25. The van der Waals surface area contributed by atoms with E-state index in [4.69, 9.17) is 20.8 Å². The van der Waals surface area contributed by atoms with Gasteiger partial charge in [-0.05, 0) is 61.0 Å². The molecule has 0 amide bonds. The van der Waals surface area contributed by atoms with Crippen LogP contribution in [0.2, 0.25) is 5.02 Å². The topological polar surface area (TPSA) is 79.9 Å². The molecule has 164 valence electrons. The van der Waals surface area contributed by atoms with Crippen molar-refractivity contribution in [3.63, 3.8) is 0 Å². The lowest BCUT2D eigenvalue weighted by Gasteiger charge is -2.09. The minimum absolute atomic E-state index is 0.0543. The lowest BCUT2D eigenvalue weighted by Crippen LogP contribution is -2.08. The molecule has 0 spiro atoms. The largest absolute Gasteiger partial charge is 0.504 e. The number of nitrogens with one attached hydrogen (secondary N) is 1. The predicted molar refractivity (Wildman–Crippen MR) is 131 cm³/mol. The van der Waals surface area contributed by atoms with Crippen LogP contribution in [0, 0.1) is 6.92 Å². The van der Waals surface area contributed by atoms with Crippen molar-refractivity contribution in [2.24, 2.45) is 5.10 Å². The lowest BCUT2D eigenvalue weighted by atomic mass is 10.1. The summed E-state index contributed by atoms with van der Waals surface area (Å²) in [5.41, 5.74) is 6.19. The number of rotatable bonds is 4. The number of hydrogen-bond acceptors (Lipinski definition) is 6. The third-order valence-corrected chi connectivity index (χ3v) is 5.79. The van der Waals surface area contributed by atoms with Crippen molar-refractivity contribution >= 4 is 39.3 Å². The molecule has 0 aliphatic carbocycles. The SMILES string of the molecule is COc1cc(-c2cc(=NNc3ccc4ccccc4n3)c3cc(Cl)c(C)cc3o2)ccc1O. The third kappa shape index (κ3) is 4.08. The molecule has 3 aromatic carbocycles. The molecule has 33 heavy (non-hydrogen) atoms. The molecule has 0 saturated carbocycles. The molecule has 5 rings (SSSR count). The van der Waals surface area contributed by atoms with Gasteiger partial charge in [0.1, 0.15) is 17.2 Å². The molecule has 0 saturated heterocycles. The van der Waals surface area contributed by atoms with E-state index in [9.17, 15) is 5.11 Å². The summed E-state index contributed by atoms with van der Waals surface area (Å²) in [6, 6.07) is 22.3. The van der Waals surface area contributed by atoms with Gasteiger partial charge in [-0.2, -0.15) is 5.10 Å². The van der Waals surface area contributed by atoms with Gasteiger partial charge in [0.15, 0.2) is 11.5 Å². The number of phenols is 1. The fourth-order valence-corrected chi connectivity index (χ4v) is 3.76. The molecule has 0 unspecified atom stereocenters. The second-order valence-corrected chi connectivity index (χ2v) is 8.00. The minimum Gasteiger partial charge on any atom is -0.504 e. The zero-order valence-corrected chi connectivity index (χ0v) is 18.7. The van der Waals surface area contributed by atoms with Crippen molar-refractivity contribution in [2.45, 2.75) is 6.92 Å². The summed E-state index contributed by atoms with van der Waals surface area (Å²) in [5, 5.41) is 17.6. The molecule has 0 radical (unpaired) electrons. The standard InChI is InChI=1S/C26H20ClN3O3/c1-15-11-24-18(13-19(15)27)21(14-23(33-24)17-7-9-22(31)25(12-17)32-2)29-30-26-10-8-16-5-3-4-6-20(16)28-26/h3-14,31H,1-2H3,(H,28,30). The molecule has 0 atom stereocenters. The van der Waals surface area contributed by atoms with Crippen LogP contribution >= 0.6 is 11.6 Å². The first-order chi connectivity index (χ1) is 16.0. The maximum absolute atomic E-state index is 9.95. The highest BCUT2D eigenvalue weighted by Crippen LogP contribution is 2.32. The van der Waals surface area contributed by atoms with Crippen LogP contribution in [0.4, 0.5) is 5.82 Å². The first kappa shape index (κ1) is 20.8. The average molecular weight is 458 g/mol. The summed E-state index contributed by atoms with van der Waals surface area (Å²) in [5.74, 6) is 1.59. The van der Waals surface area contributed by atoms with Crippen molar-refractivity contribution in [1.82, 2.24) is 4.98 Å². The maximum Gasteiger partial charge on any atom is 0.161 e. The minimum atomic E-state index is 0.0543. The highest BCUT2D eigenvalue weighted by Gasteiger charge is 2.11. The van der Waals surface area contributed by atoms with Gasteiger partial charge in [-0.3, -0.25) is 5.43 Å². The number of hydrogen-bond donors (Lipinski definition) is 2. The van der Waals surface area contributed by atoms with E-state index in [0.29, 0.717) is 33.3 Å². The molecular weight excluding hydrogens is 438 g/mol. The Morgan fingerprint density at radius 3 is 2.73 bits per heavy atom. The van der Waals surface area contributed by atoms with Gasteiger partial charge < -0.3 is 14.3 Å². The maximum atomic E-state index is 9.95. The Morgan fingerprint density at radius 2 is 1.88 bits per heavy atom. The Bertz CT molecular complexity index is 1580. The molecule has 7 heteroatoms. The Hall–Kier alpha value is -4.03. The number of aromatic nitrogens is 1.